The van der Waals surface area contributed by atoms with Crippen molar-refractivity contribution in [3.63, 3.8) is 0 Å². The van der Waals surface area contributed by atoms with E-state index in [9.17, 15) is 4.79 Å². The smallest absolute Gasteiger partial charge is 0.164 e. The zero-order valence-corrected chi connectivity index (χ0v) is 18.2. The van der Waals surface area contributed by atoms with E-state index in [1.165, 1.54) is 89.9 Å². The van der Waals surface area contributed by atoms with Gasteiger partial charge >= 0.3 is 0 Å². The SMILES string of the molecule is CCCCCCCCCCCCCCCCCC(=O)C(N)N(C)CCC. The first-order valence-electron chi connectivity index (χ1n) is 11.6. The molecule has 0 aromatic heterocycles. The van der Waals surface area contributed by atoms with E-state index >= 15 is 0 Å². The average Bonchev–Trinajstić information content (AvgIpc) is 2.64. The van der Waals surface area contributed by atoms with Gasteiger partial charge in [0.1, 0.15) is 6.17 Å². The zero-order chi connectivity index (χ0) is 19.5. The van der Waals surface area contributed by atoms with Crippen LogP contribution in [0, 0.1) is 0 Å². The second kappa shape index (κ2) is 19.4. The van der Waals surface area contributed by atoms with Crippen molar-refractivity contribution >= 4 is 5.78 Å². The van der Waals surface area contributed by atoms with Gasteiger partial charge in [-0.15, -0.1) is 0 Å². The van der Waals surface area contributed by atoms with Crippen molar-refractivity contribution in [1.82, 2.24) is 4.90 Å². The standard InChI is InChI=1S/C23H48N2O/c1-4-6-7-8-9-10-11-12-13-14-15-16-17-18-19-20-22(26)23(24)25(3)21-5-2/h23H,4-21,24H2,1-3H3. The molecule has 156 valence electrons. The van der Waals surface area contributed by atoms with Crippen LogP contribution in [0.15, 0.2) is 0 Å². The number of nitrogens with zero attached hydrogens (tertiary/aromatic N) is 1. The Kier molecular flexibility index (Phi) is 19.0. The maximum atomic E-state index is 12.0. The summed E-state index contributed by atoms with van der Waals surface area (Å²) < 4.78 is 0. The summed E-state index contributed by atoms with van der Waals surface area (Å²) in [5, 5.41) is 0. The van der Waals surface area contributed by atoms with Crippen LogP contribution >= 0.6 is 0 Å². The molecule has 0 aliphatic carbocycles. The Hall–Kier alpha value is -0.410. The molecule has 0 aliphatic rings. The molecule has 0 bridgehead atoms. The van der Waals surface area contributed by atoms with Crippen LogP contribution < -0.4 is 5.73 Å². The van der Waals surface area contributed by atoms with Gasteiger partial charge in [-0.2, -0.15) is 0 Å². The van der Waals surface area contributed by atoms with Crippen molar-refractivity contribution in [1.29, 1.82) is 0 Å². The molecule has 3 heteroatoms. The van der Waals surface area contributed by atoms with Gasteiger partial charge < -0.3 is 5.73 Å². The maximum absolute atomic E-state index is 12.0. The average molecular weight is 369 g/mol. The van der Waals surface area contributed by atoms with Gasteiger partial charge in [0.15, 0.2) is 5.78 Å². The zero-order valence-electron chi connectivity index (χ0n) is 18.2. The Morgan fingerprint density at radius 2 is 1.08 bits per heavy atom. The monoisotopic (exact) mass is 368 g/mol. The summed E-state index contributed by atoms with van der Waals surface area (Å²) in [6, 6.07) is 0. The number of ketones is 1. The number of likely N-dealkylation sites (N-methyl/N-ethyl adjacent to an activating group) is 1. The van der Waals surface area contributed by atoms with Gasteiger partial charge in [-0.25, -0.2) is 0 Å². The normalized spacial score (nSPS) is 12.7. The summed E-state index contributed by atoms with van der Waals surface area (Å²) in [4.78, 5) is 14.0. The first-order chi connectivity index (χ1) is 12.6. The fourth-order valence-electron chi connectivity index (χ4n) is 3.56. The highest BCUT2D eigenvalue weighted by Gasteiger charge is 2.16. The number of Topliss-reactive ketones (excluding diaryl/α,β-unsaturated/α-hetero) is 1. The summed E-state index contributed by atoms with van der Waals surface area (Å²) in [5.74, 6) is 0.204. The van der Waals surface area contributed by atoms with Gasteiger partial charge in [0, 0.05) is 6.42 Å². The summed E-state index contributed by atoms with van der Waals surface area (Å²) >= 11 is 0. The molecule has 0 radical (unpaired) electrons. The highest BCUT2D eigenvalue weighted by Crippen LogP contribution is 2.14. The lowest BCUT2D eigenvalue weighted by Gasteiger charge is -2.22. The molecule has 3 nitrogen and oxygen atoms in total. The Bertz CT molecular complexity index is 307. The molecule has 0 rings (SSSR count). The molecule has 1 unspecified atom stereocenters. The molecular formula is C23H48N2O. The van der Waals surface area contributed by atoms with E-state index in [4.69, 9.17) is 5.73 Å². The van der Waals surface area contributed by atoms with E-state index in [-0.39, 0.29) is 5.78 Å². The number of rotatable bonds is 20. The molecule has 0 aromatic carbocycles. The van der Waals surface area contributed by atoms with Crippen molar-refractivity contribution in [2.75, 3.05) is 13.6 Å². The van der Waals surface area contributed by atoms with Crippen LogP contribution in [0.4, 0.5) is 0 Å². The van der Waals surface area contributed by atoms with Crippen LogP contribution in [-0.4, -0.2) is 30.4 Å². The van der Waals surface area contributed by atoms with E-state index in [0.29, 0.717) is 6.42 Å². The lowest BCUT2D eigenvalue weighted by Crippen LogP contribution is -2.45. The fourth-order valence-corrected chi connectivity index (χ4v) is 3.56. The van der Waals surface area contributed by atoms with Crippen LogP contribution in [0.1, 0.15) is 123 Å². The molecule has 0 spiro atoms. The summed E-state index contributed by atoms with van der Waals surface area (Å²) in [5.41, 5.74) is 5.98. The Morgan fingerprint density at radius 1 is 0.692 bits per heavy atom. The van der Waals surface area contributed by atoms with E-state index in [1.54, 1.807) is 0 Å². The lowest BCUT2D eigenvalue weighted by atomic mass is 10.0. The molecule has 2 N–H and O–H groups in total. The van der Waals surface area contributed by atoms with E-state index < -0.39 is 6.17 Å². The predicted octanol–water partition coefficient (Wildman–Crippen LogP) is 6.44. The summed E-state index contributed by atoms with van der Waals surface area (Å²) in [7, 11) is 1.94. The highest BCUT2D eigenvalue weighted by molar-refractivity contribution is 5.83. The molecule has 0 aromatic rings. The first kappa shape index (κ1) is 25.6. The number of carbonyl (C=O) groups is 1. The van der Waals surface area contributed by atoms with Crippen molar-refractivity contribution in [2.45, 2.75) is 129 Å². The van der Waals surface area contributed by atoms with Crippen molar-refractivity contribution in [2.24, 2.45) is 5.73 Å². The van der Waals surface area contributed by atoms with Crippen LogP contribution in [0.3, 0.4) is 0 Å². The van der Waals surface area contributed by atoms with Crippen LogP contribution in [0.2, 0.25) is 0 Å². The Balaban J connectivity index is 3.27. The first-order valence-corrected chi connectivity index (χ1v) is 11.6. The van der Waals surface area contributed by atoms with E-state index in [2.05, 4.69) is 13.8 Å². The molecule has 0 amide bonds. The third kappa shape index (κ3) is 15.8. The van der Waals surface area contributed by atoms with Crippen LogP contribution in [0.25, 0.3) is 0 Å². The highest BCUT2D eigenvalue weighted by atomic mass is 16.1. The van der Waals surface area contributed by atoms with Crippen molar-refractivity contribution < 1.29 is 4.79 Å². The largest absolute Gasteiger partial charge is 0.309 e. The lowest BCUT2D eigenvalue weighted by molar-refractivity contribution is -0.123. The molecule has 0 fully saturated rings. The van der Waals surface area contributed by atoms with E-state index in [0.717, 1.165) is 19.4 Å². The molecule has 0 saturated carbocycles. The second-order valence-corrected chi connectivity index (χ2v) is 8.09. The van der Waals surface area contributed by atoms with Gasteiger partial charge in [-0.1, -0.05) is 104 Å². The quantitative estimate of drug-likeness (QED) is 0.198. The summed E-state index contributed by atoms with van der Waals surface area (Å²) in [6.07, 6.45) is 21.6. The molecule has 0 heterocycles. The van der Waals surface area contributed by atoms with Gasteiger partial charge in [0.05, 0.1) is 0 Å². The number of carbonyl (C=O) groups excluding carboxylic acids is 1. The number of unbranched alkanes of at least 4 members (excludes halogenated alkanes) is 14. The molecular weight excluding hydrogens is 320 g/mol. The molecule has 0 saturated heterocycles. The summed E-state index contributed by atoms with van der Waals surface area (Å²) in [6.45, 7) is 5.29. The van der Waals surface area contributed by atoms with Crippen LogP contribution in [-0.2, 0) is 4.79 Å². The minimum atomic E-state index is -0.401. The van der Waals surface area contributed by atoms with Crippen molar-refractivity contribution in [3.05, 3.63) is 0 Å². The maximum Gasteiger partial charge on any atom is 0.164 e. The third-order valence-electron chi connectivity index (χ3n) is 5.41. The van der Waals surface area contributed by atoms with Crippen molar-refractivity contribution in [3.8, 4) is 0 Å². The van der Waals surface area contributed by atoms with Crippen LogP contribution in [0.5, 0.6) is 0 Å². The number of hydrogen-bond acceptors (Lipinski definition) is 3. The Labute approximate surface area is 164 Å². The Morgan fingerprint density at radius 3 is 1.46 bits per heavy atom. The minimum Gasteiger partial charge on any atom is -0.309 e. The fraction of sp³-hybridized carbons (Fsp3) is 0.957. The van der Waals surface area contributed by atoms with Gasteiger partial charge in [0.25, 0.3) is 0 Å². The molecule has 0 aliphatic heterocycles. The van der Waals surface area contributed by atoms with Gasteiger partial charge in [0.2, 0.25) is 0 Å². The van der Waals surface area contributed by atoms with Gasteiger partial charge in [-0.05, 0) is 26.4 Å². The predicted molar refractivity (Wildman–Crippen MR) is 115 cm³/mol. The third-order valence-corrected chi connectivity index (χ3v) is 5.41. The topological polar surface area (TPSA) is 46.3 Å². The number of nitrogens with two attached hydrogens (primary N) is 1. The molecule has 1 atom stereocenters. The second-order valence-electron chi connectivity index (χ2n) is 8.09. The van der Waals surface area contributed by atoms with E-state index in [1.807, 2.05) is 11.9 Å². The van der Waals surface area contributed by atoms with Gasteiger partial charge in [-0.3, -0.25) is 9.69 Å². The molecule has 26 heavy (non-hydrogen) atoms. The number of hydrogen-bond donors (Lipinski definition) is 1. The minimum absolute atomic E-state index is 0.204.